The lowest BCUT2D eigenvalue weighted by atomic mass is 10.1. The number of carbonyl (C=O) groups excluding carboxylic acids is 3. The van der Waals surface area contributed by atoms with E-state index < -0.39 is 34.8 Å². The van der Waals surface area contributed by atoms with Gasteiger partial charge in [-0.05, 0) is 36.6 Å². The highest BCUT2D eigenvalue weighted by Crippen LogP contribution is 2.40. The van der Waals surface area contributed by atoms with Crippen molar-refractivity contribution in [3.05, 3.63) is 40.8 Å². The molecule has 1 aliphatic rings. The van der Waals surface area contributed by atoms with E-state index in [-0.39, 0.29) is 24.3 Å². The number of esters is 1. The molecule has 1 aromatic carbocycles. The fourth-order valence-electron chi connectivity index (χ4n) is 2.58. The summed E-state index contributed by atoms with van der Waals surface area (Å²) >= 11 is 2.16. The van der Waals surface area contributed by atoms with Crippen LogP contribution in [0.1, 0.15) is 29.3 Å². The van der Waals surface area contributed by atoms with Crippen LogP contribution in [0, 0.1) is 0 Å². The lowest BCUT2D eigenvalue weighted by Crippen LogP contribution is -2.32. The smallest absolute Gasteiger partial charge is 0.416 e. The number of hydrogen-bond acceptors (Lipinski definition) is 6. The fourth-order valence-corrected chi connectivity index (χ4v) is 4.46. The molecular weight excluding hydrogens is 429 g/mol. The zero-order chi connectivity index (χ0) is 21.2. The number of amides is 2. The Morgan fingerprint density at radius 3 is 2.72 bits per heavy atom. The highest BCUT2D eigenvalue weighted by atomic mass is 32.2. The number of fused-ring (bicyclic) bond motifs is 1. The Hall–Kier alpha value is -2.53. The standard InChI is InChI=1S/C18H15F3N2O4S2/c1-2-27-17(26)10-5-6-28-16(10)23-14(24)8-13-15(25)22-11-7-9(18(19,20)21)3-4-12(11)29-13/h3-7,13H,2,8H2,1H3,(H,22,25)(H,23,24). The van der Waals surface area contributed by atoms with Crippen LogP contribution in [0.3, 0.4) is 0 Å². The van der Waals surface area contributed by atoms with Crippen molar-refractivity contribution in [2.24, 2.45) is 0 Å². The van der Waals surface area contributed by atoms with E-state index in [2.05, 4.69) is 10.6 Å². The predicted octanol–water partition coefficient (Wildman–Crippen LogP) is 4.39. The number of halogens is 3. The van der Waals surface area contributed by atoms with Crippen LogP contribution in [0.2, 0.25) is 0 Å². The molecule has 1 aromatic heterocycles. The van der Waals surface area contributed by atoms with Gasteiger partial charge in [-0.2, -0.15) is 13.2 Å². The van der Waals surface area contributed by atoms with Crippen molar-refractivity contribution in [1.29, 1.82) is 0 Å². The lowest BCUT2D eigenvalue weighted by Gasteiger charge is -2.24. The first-order chi connectivity index (χ1) is 13.7. The zero-order valence-electron chi connectivity index (χ0n) is 15.0. The SMILES string of the molecule is CCOC(=O)c1ccsc1NC(=O)CC1Sc2ccc(C(F)(F)F)cc2NC1=O. The number of benzene rings is 1. The van der Waals surface area contributed by atoms with Gasteiger partial charge in [0.1, 0.15) is 5.00 Å². The van der Waals surface area contributed by atoms with Crippen molar-refractivity contribution < 1.29 is 32.3 Å². The van der Waals surface area contributed by atoms with Crippen molar-refractivity contribution in [2.75, 3.05) is 17.2 Å². The van der Waals surface area contributed by atoms with Crippen molar-refractivity contribution >= 4 is 51.6 Å². The number of hydrogen-bond donors (Lipinski definition) is 2. The summed E-state index contributed by atoms with van der Waals surface area (Å²) in [5.74, 6) is -1.63. The third-order valence-electron chi connectivity index (χ3n) is 3.91. The number of rotatable bonds is 5. The van der Waals surface area contributed by atoms with Crippen LogP contribution in [-0.2, 0) is 20.5 Å². The topological polar surface area (TPSA) is 84.5 Å². The molecule has 0 saturated heterocycles. The van der Waals surface area contributed by atoms with E-state index >= 15 is 0 Å². The summed E-state index contributed by atoms with van der Waals surface area (Å²) in [6.45, 7) is 1.85. The number of thioether (sulfide) groups is 1. The second kappa shape index (κ2) is 8.46. The molecule has 1 aliphatic heterocycles. The summed E-state index contributed by atoms with van der Waals surface area (Å²) in [5, 5.41) is 6.13. The van der Waals surface area contributed by atoms with Crippen LogP contribution < -0.4 is 10.6 Å². The van der Waals surface area contributed by atoms with Gasteiger partial charge in [-0.1, -0.05) is 0 Å². The molecule has 2 N–H and O–H groups in total. The first-order valence-electron chi connectivity index (χ1n) is 8.42. The number of ether oxygens (including phenoxy) is 1. The minimum atomic E-state index is -4.52. The van der Waals surface area contributed by atoms with Gasteiger partial charge < -0.3 is 15.4 Å². The molecule has 6 nitrogen and oxygen atoms in total. The van der Waals surface area contributed by atoms with E-state index in [4.69, 9.17) is 4.74 Å². The lowest BCUT2D eigenvalue weighted by molar-refractivity contribution is -0.137. The molecule has 0 bridgehead atoms. The molecule has 3 rings (SSSR count). The number of alkyl halides is 3. The first kappa shape index (κ1) is 21.2. The van der Waals surface area contributed by atoms with Crippen molar-refractivity contribution in [1.82, 2.24) is 0 Å². The van der Waals surface area contributed by atoms with E-state index in [9.17, 15) is 27.6 Å². The predicted molar refractivity (Wildman–Crippen MR) is 103 cm³/mol. The normalized spacial score (nSPS) is 16.0. The summed E-state index contributed by atoms with van der Waals surface area (Å²) in [5.41, 5.74) is -0.581. The van der Waals surface area contributed by atoms with E-state index in [1.54, 1.807) is 12.3 Å². The summed E-state index contributed by atoms with van der Waals surface area (Å²) in [6, 6.07) is 4.59. The average Bonchev–Trinajstić information content (AvgIpc) is 3.09. The maximum atomic E-state index is 12.8. The molecule has 0 fully saturated rings. The van der Waals surface area contributed by atoms with Gasteiger partial charge in [-0.25, -0.2) is 4.79 Å². The molecule has 1 atom stereocenters. The number of carbonyl (C=O) groups is 3. The van der Waals surface area contributed by atoms with Gasteiger partial charge in [0.05, 0.1) is 28.7 Å². The average molecular weight is 444 g/mol. The van der Waals surface area contributed by atoms with E-state index in [0.717, 1.165) is 35.2 Å². The zero-order valence-corrected chi connectivity index (χ0v) is 16.6. The van der Waals surface area contributed by atoms with Crippen LogP contribution in [0.4, 0.5) is 23.9 Å². The molecule has 0 radical (unpaired) electrons. The number of nitrogens with one attached hydrogen (secondary N) is 2. The van der Waals surface area contributed by atoms with Gasteiger partial charge in [0.25, 0.3) is 0 Å². The molecular formula is C18H15F3N2O4S2. The highest BCUT2D eigenvalue weighted by molar-refractivity contribution is 8.01. The molecule has 1 unspecified atom stereocenters. The second-order valence-electron chi connectivity index (χ2n) is 5.94. The van der Waals surface area contributed by atoms with E-state index in [1.165, 1.54) is 12.1 Å². The van der Waals surface area contributed by atoms with Gasteiger partial charge >= 0.3 is 12.1 Å². The quantitative estimate of drug-likeness (QED) is 0.669. The van der Waals surface area contributed by atoms with Crippen LogP contribution in [0.5, 0.6) is 0 Å². The Morgan fingerprint density at radius 2 is 2.03 bits per heavy atom. The Kier molecular flexibility index (Phi) is 6.18. The molecule has 2 heterocycles. The summed E-state index contributed by atoms with van der Waals surface area (Å²) in [6.07, 6.45) is -4.73. The monoisotopic (exact) mass is 444 g/mol. The largest absolute Gasteiger partial charge is 0.462 e. The van der Waals surface area contributed by atoms with E-state index in [0.29, 0.717) is 9.90 Å². The van der Waals surface area contributed by atoms with E-state index in [1.807, 2.05) is 0 Å². The Labute approximate surface area is 171 Å². The molecule has 11 heteroatoms. The summed E-state index contributed by atoms with van der Waals surface area (Å²) in [7, 11) is 0. The van der Waals surface area contributed by atoms with Gasteiger partial charge in [-0.3, -0.25) is 9.59 Å². The third kappa shape index (κ3) is 4.91. The van der Waals surface area contributed by atoms with Gasteiger partial charge in [-0.15, -0.1) is 23.1 Å². The van der Waals surface area contributed by atoms with Crippen molar-refractivity contribution in [2.45, 2.75) is 29.7 Å². The fraction of sp³-hybridized carbons (Fsp3) is 0.278. The molecule has 2 aromatic rings. The maximum absolute atomic E-state index is 12.8. The first-order valence-corrected chi connectivity index (χ1v) is 10.2. The van der Waals surface area contributed by atoms with Gasteiger partial charge in [0, 0.05) is 11.3 Å². The van der Waals surface area contributed by atoms with Gasteiger partial charge in [0.2, 0.25) is 11.8 Å². The Morgan fingerprint density at radius 1 is 1.28 bits per heavy atom. The van der Waals surface area contributed by atoms with Crippen LogP contribution in [0.15, 0.2) is 34.5 Å². The Balaban J connectivity index is 1.67. The van der Waals surface area contributed by atoms with Crippen molar-refractivity contribution in [3.63, 3.8) is 0 Å². The number of anilines is 2. The maximum Gasteiger partial charge on any atom is 0.416 e. The molecule has 0 aliphatic carbocycles. The van der Waals surface area contributed by atoms with Crippen LogP contribution >= 0.6 is 23.1 Å². The minimum Gasteiger partial charge on any atom is -0.462 e. The summed E-state index contributed by atoms with van der Waals surface area (Å²) < 4.78 is 43.4. The molecule has 0 spiro atoms. The molecule has 29 heavy (non-hydrogen) atoms. The molecule has 154 valence electrons. The van der Waals surface area contributed by atoms with Crippen molar-refractivity contribution in [3.8, 4) is 0 Å². The molecule has 0 saturated carbocycles. The number of thiophene rings is 1. The third-order valence-corrected chi connectivity index (χ3v) is 6.02. The molecule has 2 amide bonds. The Bertz CT molecular complexity index is 959. The van der Waals surface area contributed by atoms with Crippen LogP contribution in [-0.4, -0.2) is 29.6 Å². The van der Waals surface area contributed by atoms with Crippen LogP contribution in [0.25, 0.3) is 0 Å². The highest BCUT2D eigenvalue weighted by Gasteiger charge is 2.34. The minimum absolute atomic E-state index is 0.0642. The van der Waals surface area contributed by atoms with Gasteiger partial charge in [0.15, 0.2) is 0 Å². The summed E-state index contributed by atoms with van der Waals surface area (Å²) in [4.78, 5) is 36.9. The second-order valence-corrected chi connectivity index (χ2v) is 8.10.